The van der Waals surface area contributed by atoms with Crippen molar-refractivity contribution in [2.24, 2.45) is 0 Å². The maximum absolute atomic E-state index is 13.9. The predicted octanol–water partition coefficient (Wildman–Crippen LogP) is 3.59. The lowest BCUT2D eigenvalue weighted by Gasteiger charge is -2.33. The van der Waals surface area contributed by atoms with Gasteiger partial charge < -0.3 is 10.2 Å². The molecule has 3 rings (SSSR count). The molecule has 0 unspecified atom stereocenters. The second-order valence-electron chi connectivity index (χ2n) is 9.03. The van der Waals surface area contributed by atoms with Crippen LogP contribution in [0.2, 0.25) is 0 Å². The second kappa shape index (κ2) is 12.0. The number of anilines is 1. The number of amides is 2. The lowest BCUT2D eigenvalue weighted by molar-refractivity contribution is -0.139. The summed E-state index contributed by atoms with van der Waals surface area (Å²) in [5.41, 5.74) is 3.38. The minimum atomic E-state index is -3.84. The Hall–Kier alpha value is -3.72. The summed E-state index contributed by atoms with van der Waals surface area (Å²) >= 11 is 0. The van der Waals surface area contributed by atoms with Gasteiger partial charge in [-0.15, -0.1) is 0 Å². The second-order valence-corrected chi connectivity index (χ2v) is 10.9. The average molecular weight is 526 g/mol. The molecule has 0 aliphatic heterocycles. The Bertz CT molecular complexity index is 1350. The Morgan fingerprint density at radius 1 is 0.946 bits per heavy atom. The molecule has 0 heterocycles. The summed E-state index contributed by atoms with van der Waals surface area (Å²) in [6, 6.07) is 19.3. The predicted molar refractivity (Wildman–Crippen MR) is 143 cm³/mol. The lowest BCUT2D eigenvalue weighted by atomic mass is 10.0. The molecule has 3 aromatic rings. The van der Waals surface area contributed by atoms with E-state index < -0.39 is 40.2 Å². The molecule has 0 spiro atoms. The molecule has 0 fully saturated rings. The zero-order valence-corrected chi connectivity index (χ0v) is 22.3. The summed E-state index contributed by atoms with van der Waals surface area (Å²) in [6.45, 7) is 3.12. The SMILES string of the molecule is CNC(=O)[C@@H](Cc1ccccc1)N(Cc1ccc(F)cc1)C(=O)CN(c1cc(C)ccc1C)S(C)(=O)=O. The number of likely N-dealkylation sites (N-methyl/N-ethyl adjacent to an activating group) is 1. The van der Waals surface area contributed by atoms with Crippen LogP contribution in [-0.4, -0.2) is 51.0 Å². The van der Waals surface area contributed by atoms with Gasteiger partial charge in [-0.1, -0.05) is 54.6 Å². The van der Waals surface area contributed by atoms with Crippen LogP contribution in [0.15, 0.2) is 72.8 Å². The van der Waals surface area contributed by atoms with E-state index in [1.165, 1.54) is 36.2 Å². The molecule has 7 nitrogen and oxygen atoms in total. The Morgan fingerprint density at radius 2 is 1.59 bits per heavy atom. The van der Waals surface area contributed by atoms with E-state index >= 15 is 0 Å². The molecule has 196 valence electrons. The van der Waals surface area contributed by atoms with Crippen LogP contribution in [0, 0.1) is 19.7 Å². The number of hydrogen-bond acceptors (Lipinski definition) is 4. The van der Waals surface area contributed by atoms with E-state index in [-0.39, 0.29) is 13.0 Å². The molecular formula is C28H32FN3O4S. The topological polar surface area (TPSA) is 86.8 Å². The summed E-state index contributed by atoms with van der Waals surface area (Å²) in [6.07, 6.45) is 1.27. The highest BCUT2D eigenvalue weighted by molar-refractivity contribution is 7.92. The van der Waals surface area contributed by atoms with Crippen LogP contribution in [0.3, 0.4) is 0 Å². The van der Waals surface area contributed by atoms with Crippen molar-refractivity contribution in [1.82, 2.24) is 10.2 Å². The van der Waals surface area contributed by atoms with Crippen molar-refractivity contribution in [3.63, 3.8) is 0 Å². The molecule has 0 aromatic heterocycles. The van der Waals surface area contributed by atoms with Gasteiger partial charge in [0.1, 0.15) is 18.4 Å². The normalized spacial score (nSPS) is 12.0. The molecule has 0 bridgehead atoms. The summed E-state index contributed by atoms with van der Waals surface area (Å²) in [5, 5.41) is 2.62. The zero-order chi connectivity index (χ0) is 27.2. The van der Waals surface area contributed by atoms with Crippen LogP contribution in [0.5, 0.6) is 0 Å². The van der Waals surface area contributed by atoms with Gasteiger partial charge in [-0.3, -0.25) is 13.9 Å². The number of carbonyl (C=O) groups is 2. The van der Waals surface area contributed by atoms with Crippen molar-refractivity contribution in [3.8, 4) is 0 Å². The first-order valence-electron chi connectivity index (χ1n) is 11.8. The molecule has 0 aliphatic rings. The van der Waals surface area contributed by atoms with Crippen LogP contribution < -0.4 is 9.62 Å². The number of halogens is 1. The van der Waals surface area contributed by atoms with E-state index in [1.54, 1.807) is 19.1 Å². The first kappa shape index (κ1) is 27.9. The van der Waals surface area contributed by atoms with Gasteiger partial charge in [0, 0.05) is 20.0 Å². The van der Waals surface area contributed by atoms with Gasteiger partial charge in [-0.25, -0.2) is 12.8 Å². The molecule has 3 aromatic carbocycles. The molecule has 0 radical (unpaired) electrons. The maximum atomic E-state index is 13.9. The standard InChI is InChI=1S/C28H32FN3O4S/c1-20-10-11-21(2)25(16-20)32(37(4,35)36)19-27(33)31(18-23-12-14-24(29)15-13-23)26(28(34)30-3)17-22-8-6-5-7-9-22/h5-16,26H,17-19H2,1-4H3,(H,30,34)/t26-/m1/s1. The number of nitrogens with zero attached hydrogens (tertiary/aromatic N) is 2. The molecule has 0 saturated heterocycles. The molecule has 37 heavy (non-hydrogen) atoms. The Kier molecular flexibility index (Phi) is 9.04. The average Bonchev–Trinajstić information content (AvgIpc) is 2.86. The van der Waals surface area contributed by atoms with Crippen molar-refractivity contribution in [2.45, 2.75) is 32.9 Å². The smallest absolute Gasteiger partial charge is 0.244 e. The quantitative estimate of drug-likeness (QED) is 0.438. The molecule has 9 heteroatoms. The monoisotopic (exact) mass is 525 g/mol. The van der Waals surface area contributed by atoms with E-state index in [1.807, 2.05) is 43.3 Å². The van der Waals surface area contributed by atoms with Crippen LogP contribution in [0.4, 0.5) is 10.1 Å². The van der Waals surface area contributed by atoms with Crippen LogP contribution >= 0.6 is 0 Å². The van der Waals surface area contributed by atoms with Crippen LogP contribution in [-0.2, 0) is 32.6 Å². The minimum absolute atomic E-state index is 0.00552. The van der Waals surface area contributed by atoms with Crippen molar-refractivity contribution in [1.29, 1.82) is 0 Å². The van der Waals surface area contributed by atoms with E-state index in [0.717, 1.165) is 21.7 Å². The molecule has 2 amide bonds. The lowest BCUT2D eigenvalue weighted by Crippen LogP contribution is -2.53. The fourth-order valence-electron chi connectivity index (χ4n) is 4.09. The van der Waals surface area contributed by atoms with Crippen molar-refractivity contribution in [2.75, 3.05) is 24.2 Å². The van der Waals surface area contributed by atoms with E-state index in [0.29, 0.717) is 16.8 Å². The van der Waals surface area contributed by atoms with E-state index in [2.05, 4.69) is 5.32 Å². The highest BCUT2D eigenvalue weighted by Gasteiger charge is 2.33. The number of sulfonamides is 1. The number of rotatable bonds is 10. The first-order valence-corrected chi connectivity index (χ1v) is 13.7. The van der Waals surface area contributed by atoms with Gasteiger partial charge in [0.15, 0.2) is 0 Å². The Labute approximate surface area is 218 Å². The number of aryl methyl sites for hydroxylation is 2. The van der Waals surface area contributed by atoms with Crippen molar-refractivity contribution >= 4 is 27.5 Å². The molecule has 0 saturated carbocycles. The largest absolute Gasteiger partial charge is 0.357 e. The van der Waals surface area contributed by atoms with Crippen LogP contribution in [0.1, 0.15) is 22.3 Å². The third-order valence-corrected chi connectivity index (χ3v) is 7.22. The molecule has 1 N–H and O–H groups in total. The summed E-state index contributed by atoms with van der Waals surface area (Å²) in [4.78, 5) is 28.3. The van der Waals surface area contributed by atoms with Gasteiger partial charge in [-0.2, -0.15) is 0 Å². The van der Waals surface area contributed by atoms with Crippen molar-refractivity contribution in [3.05, 3.63) is 101 Å². The van der Waals surface area contributed by atoms with Gasteiger partial charge in [0.25, 0.3) is 0 Å². The van der Waals surface area contributed by atoms with Gasteiger partial charge in [-0.05, 0) is 54.3 Å². The highest BCUT2D eigenvalue weighted by atomic mass is 32.2. The molecule has 0 aliphatic carbocycles. The van der Waals surface area contributed by atoms with Gasteiger partial charge >= 0.3 is 0 Å². The number of nitrogens with one attached hydrogen (secondary N) is 1. The summed E-state index contributed by atoms with van der Waals surface area (Å²) in [7, 11) is -2.35. The van der Waals surface area contributed by atoms with Gasteiger partial charge in [0.05, 0.1) is 11.9 Å². The number of carbonyl (C=O) groups excluding carboxylic acids is 2. The number of hydrogen-bond donors (Lipinski definition) is 1. The first-order chi connectivity index (χ1) is 17.5. The Morgan fingerprint density at radius 3 is 2.19 bits per heavy atom. The third kappa shape index (κ3) is 7.39. The minimum Gasteiger partial charge on any atom is -0.357 e. The zero-order valence-electron chi connectivity index (χ0n) is 21.4. The summed E-state index contributed by atoms with van der Waals surface area (Å²) < 4.78 is 40.3. The van der Waals surface area contributed by atoms with Crippen molar-refractivity contribution < 1.29 is 22.4 Å². The van der Waals surface area contributed by atoms with Gasteiger partial charge in [0.2, 0.25) is 21.8 Å². The van der Waals surface area contributed by atoms with Crippen LogP contribution in [0.25, 0.3) is 0 Å². The van der Waals surface area contributed by atoms with E-state index in [9.17, 15) is 22.4 Å². The Balaban J connectivity index is 2.04. The fourth-order valence-corrected chi connectivity index (χ4v) is 4.99. The fraction of sp³-hybridized carbons (Fsp3) is 0.286. The third-order valence-electron chi connectivity index (χ3n) is 6.10. The molecule has 1 atom stereocenters. The highest BCUT2D eigenvalue weighted by Crippen LogP contribution is 2.25. The molecular weight excluding hydrogens is 493 g/mol. The maximum Gasteiger partial charge on any atom is 0.244 e. The number of benzene rings is 3. The van der Waals surface area contributed by atoms with E-state index in [4.69, 9.17) is 0 Å². The summed E-state index contributed by atoms with van der Waals surface area (Å²) in [5.74, 6) is -1.37.